The van der Waals surface area contributed by atoms with Gasteiger partial charge in [-0.25, -0.2) is 0 Å². The quantitative estimate of drug-likeness (QED) is 0.564. The summed E-state index contributed by atoms with van der Waals surface area (Å²) in [6.07, 6.45) is 0. The second-order valence-corrected chi connectivity index (χ2v) is 5.38. The van der Waals surface area contributed by atoms with Crippen molar-refractivity contribution >= 4 is 44.4 Å². The van der Waals surface area contributed by atoms with Crippen LogP contribution in [0.3, 0.4) is 0 Å². The fraction of sp³-hybridized carbons (Fsp3) is 0.417. The number of amides is 1. The summed E-state index contributed by atoms with van der Waals surface area (Å²) in [5, 5.41) is 0.814. The molecule has 0 fully saturated rings. The van der Waals surface area contributed by atoms with E-state index < -0.39 is 0 Å². The monoisotopic (exact) mass is 395 g/mol. The molecule has 0 saturated carbocycles. The van der Waals surface area contributed by atoms with E-state index in [1.165, 1.54) is 0 Å². The van der Waals surface area contributed by atoms with E-state index >= 15 is 0 Å². The third-order valence-electron chi connectivity index (χ3n) is 2.45. The predicted octanol–water partition coefficient (Wildman–Crippen LogP) is 3.46. The highest BCUT2D eigenvalue weighted by Gasteiger charge is 2.16. The summed E-state index contributed by atoms with van der Waals surface area (Å²) in [4.78, 5) is 14.1. The molecular formula is C12H15BrINO. The number of carbonyl (C=O) groups excluding carboxylic acids is 1. The SMILES string of the molecule is CCN(CCBr)C(=O)c1cccc(C)c1I. The molecule has 0 heterocycles. The summed E-state index contributed by atoms with van der Waals surface area (Å²) in [5.74, 6) is 0.120. The fourth-order valence-corrected chi connectivity index (χ4v) is 2.51. The maximum absolute atomic E-state index is 12.2. The van der Waals surface area contributed by atoms with Gasteiger partial charge in [-0.1, -0.05) is 28.1 Å². The van der Waals surface area contributed by atoms with Crippen LogP contribution in [0.1, 0.15) is 22.8 Å². The first kappa shape index (κ1) is 14.0. The molecule has 2 nitrogen and oxygen atoms in total. The first-order valence-electron chi connectivity index (χ1n) is 5.22. The Labute approximate surface area is 119 Å². The van der Waals surface area contributed by atoms with Crippen molar-refractivity contribution in [1.82, 2.24) is 4.90 Å². The maximum atomic E-state index is 12.2. The molecule has 1 aromatic carbocycles. The third kappa shape index (κ3) is 3.20. The van der Waals surface area contributed by atoms with Crippen molar-refractivity contribution in [2.45, 2.75) is 13.8 Å². The number of nitrogens with zero attached hydrogens (tertiary/aromatic N) is 1. The fourth-order valence-electron chi connectivity index (χ4n) is 1.49. The van der Waals surface area contributed by atoms with Gasteiger partial charge in [-0.05, 0) is 48.1 Å². The number of hydrogen-bond acceptors (Lipinski definition) is 1. The van der Waals surface area contributed by atoms with Gasteiger partial charge in [-0.3, -0.25) is 4.79 Å². The minimum Gasteiger partial charge on any atom is -0.338 e. The average molecular weight is 396 g/mol. The van der Waals surface area contributed by atoms with E-state index in [2.05, 4.69) is 38.5 Å². The molecule has 1 amide bonds. The van der Waals surface area contributed by atoms with Crippen molar-refractivity contribution in [2.24, 2.45) is 0 Å². The number of alkyl halides is 1. The number of carbonyl (C=O) groups is 1. The number of rotatable bonds is 4. The largest absolute Gasteiger partial charge is 0.338 e. The van der Waals surface area contributed by atoms with Crippen LogP contribution in [0, 0.1) is 10.5 Å². The van der Waals surface area contributed by atoms with Gasteiger partial charge in [0.2, 0.25) is 0 Å². The van der Waals surface area contributed by atoms with E-state index in [9.17, 15) is 4.79 Å². The van der Waals surface area contributed by atoms with Crippen molar-refractivity contribution in [3.8, 4) is 0 Å². The van der Waals surface area contributed by atoms with Gasteiger partial charge < -0.3 is 4.90 Å². The lowest BCUT2D eigenvalue weighted by Crippen LogP contribution is -2.33. The van der Waals surface area contributed by atoms with Gasteiger partial charge in [-0.15, -0.1) is 0 Å². The molecule has 0 aromatic heterocycles. The lowest BCUT2D eigenvalue weighted by atomic mass is 10.1. The van der Waals surface area contributed by atoms with E-state index in [1.807, 2.05) is 36.9 Å². The number of halogens is 2. The minimum atomic E-state index is 0.120. The molecule has 0 aliphatic heterocycles. The molecule has 0 atom stereocenters. The van der Waals surface area contributed by atoms with Crippen LogP contribution < -0.4 is 0 Å². The lowest BCUT2D eigenvalue weighted by molar-refractivity contribution is 0.0774. The molecule has 1 aromatic rings. The molecule has 0 aliphatic rings. The van der Waals surface area contributed by atoms with Crippen LogP contribution >= 0.6 is 38.5 Å². The highest BCUT2D eigenvalue weighted by molar-refractivity contribution is 14.1. The topological polar surface area (TPSA) is 20.3 Å². The summed E-state index contributed by atoms with van der Waals surface area (Å²) in [5.41, 5.74) is 1.96. The number of benzene rings is 1. The normalized spacial score (nSPS) is 10.2. The molecule has 0 unspecified atom stereocenters. The van der Waals surface area contributed by atoms with Gasteiger partial charge in [0.25, 0.3) is 5.91 Å². The molecule has 0 bridgehead atoms. The van der Waals surface area contributed by atoms with Gasteiger partial charge >= 0.3 is 0 Å². The summed E-state index contributed by atoms with van der Waals surface area (Å²) >= 11 is 5.61. The Balaban J connectivity index is 2.99. The Morgan fingerprint density at radius 1 is 1.50 bits per heavy atom. The molecule has 0 aliphatic carbocycles. The van der Waals surface area contributed by atoms with Crippen LogP contribution in [0.15, 0.2) is 18.2 Å². The molecule has 0 N–H and O–H groups in total. The number of hydrogen-bond donors (Lipinski definition) is 0. The lowest BCUT2D eigenvalue weighted by Gasteiger charge is -2.20. The van der Waals surface area contributed by atoms with E-state index in [0.717, 1.165) is 33.1 Å². The summed E-state index contributed by atoms with van der Waals surface area (Å²) in [7, 11) is 0. The molecule has 4 heteroatoms. The van der Waals surface area contributed by atoms with Crippen molar-refractivity contribution in [3.05, 3.63) is 32.9 Å². The van der Waals surface area contributed by atoms with Gasteiger partial charge in [0.15, 0.2) is 0 Å². The molecule has 88 valence electrons. The predicted molar refractivity (Wildman–Crippen MR) is 79.3 cm³/mol. The first-order chi connectivity index (χ1) is 7.61. The van der Waals surface area contributed by atoms with Crippen molar-refractivity contribution < 1.29 is 4.79 Å². The second-order valence-electron chi connectivity index (χ2n) is 3.51. The standard InChI is InChI=1S/C12H15BrINO/c1-3-15(8-7-13)12(16)10-6-4-5-9(2)11(10)14/h4-6H,3,7-8H2,1-2H3. The van der Waals surface area contributed by atoms with E-state index in [1.54, 1.807) is 0 Å². The Morgan fingerprint density at radius 3 is 2.75 bits per heavy atom. The van der Waals surface area contributed by atoms with Crippen LogP contribution in [-0.2, 0) is 0 Å². The Hall–Kier alpha value is -0.100. The zero-order valence-electron chi connectivity index (χ0n) is 9.46. The Bertz CT molecular complexity index is 381. The highest BCUT2D eigenvalue weighted by Crippen LogP contribution is 2.18. The van der Waals surface area contributed by atoms with Gasteiger partial charge in [0, 0.05) is 22.0 Å². The van der Waals surface area contributed by atoms with E-state index in [4.69, 9.17) is 0 Å². The summed E-state index contributed by atoms with van der Waals surface area (Å²) in [6, 6.07) is 5.86. The molecular weight excluding hydrogens is 381 g/mol. The third-order valence-corrected chi connectivity index (χ3v) is 4.23. The summed E-state index contributed by atoms with van der Waals surface area (Å²) < 4.78 is 1.05. The number of aryl methyl sites for hydroxylation is 1. The molecule has 0 spiro atoms. The zero-order valence-corrected chi connectivity index (χ0v) is 13.2. The van der Waals surface area contributed by atoms with Gasteiger partial charge in [0.05, 0.1) is 5.56 Å². The second kappa shape index (κ2) is 6.59. The molecule has 1 rings (SSSR count). The molecule has 0 saturated heterocycles. The molecule has 0 radical (unpaired) electrons. The first-order valence-corrected chi connectivity index (χ1v) is 7.42. The molecule has 16 heavy (non-hydrogen) atoms. The highest BCUT2D eigenvalue weighted by atomic mass is 127. The van der Waals surface area contributed by atoms with Crippen molar-refractivity contribution in [1.29, 1.82) is 0 Å². The smallest absolute Gasteiger partial charge is 0.254 e. The zero-order chi connectivity index (χ0) is 12.1. The van der Waals surface area contributed by atoms with Crippen molar-refractivity contribution in [3.63, 3.8) is 0 Å². The van der Waals surface area contributed by atoms with Gasteiger partial charge in [0.1, 0.15) is 0 Å². The van der Waals surface area contributed by atoms with Crippen LogP contribution in [0.2, 0.25) is 0 Å². The van der Waals surface area contributed by atoms with Crippen LogP contribution in [0.5, 0.6) is 0 Å². The van der Waals surface area contributed by atoms with E-state index in [-0.39, 0.29) is 5.91 Å². The van der Waals surface area contributed by atoms with Crippen LogP contribution in [-0.4, -0.2) is 29.2 Å². The van der Waals surface area contributed by atoms with E-state index in [0.29, 0.717) is 0 Å². The van der Waals surface area contributed by atoms with Crippen LogP contribution in [0.25, 0.3) is 0 Å². The average Bonchev–Trinajstić information content (AvgIpc) is 2.29. The van der Waals surface area contributed by atoms with Crippen molar-refractivity contribution in [2.75, 3.05) is 18.4 Å². The Morgan fingerprint density at radius 2 is 2.19 bits per heavy atom. The van der Waals surface area contributed by atoms with Gasteiger partial charge in [-0.2, -0.15) is 0 Å². The maximum Gasteiger partial charge on any atom is 0.254 e. The Kier molecular flexibility index (Phi) is 5.75. The van der Waals surface area contributed by atoms with Crippen LogP contribution in [0.4, 0.5) is 0 Å². The minimum absolute atomic E-state index is 0.120. The summed E-state index contributed by atoms with van der Waals surface area (Å²) in [6.45, 7) is 5.52.